The molecule has 0 aromatic heterocycles. The number of methoxy groups -OCH3 is 1. The van der Waals surface area contributed by atoms with Crippen LogP contribution in [0.1, 0.15) is 18.4 Å². The average molecular weight is 148 g/mol. The fraction of sp³-hybridized carbons (Fsp3) is 0.400. The summed E-state index contributed by atoms with van der Waals surface area (Å²) in [6.45, 7) is 0. The van der Waals surface area contributed by atoms with Gasteiger partial charge in [-0.25, -0.2) is 0 Å². The lowest BCUT2D eigenvalue weighted by Gasteiger charge is -2.12. The number of hydrogen-bond donors (Lipinski definition) is 0. The van der Waals surface area contributed by atoms with E-state index < -0.39 is 0 Å². The van der Waals surface area contributed by atoms with Crippen LogP contribution in [0.15, 0.2) is 30.3 Å². The van der Waals surface area contributed by atoms with Gasteiger partial charge in [-0.05, 0) is 18.4 Å². The molecular formula is C10H12O. The van der Waals surface area contributed by atoms with Crippen LogP contribution in [0, 0.1) is 0 Å². The van der Waals surface area contributed by atoms with E-state index in [1.54, 1.807) is 7.11 Å². The van der Waals surface area contributed by atoms with Gasteiger partial charge in [-0.3, -0.25) is 0 Å². The molecule has 0 N–H and O–H groups in total. The Kier molecular flexibility index (Phi) is 1.46. The molecule has 0 bridgehead atoms. The van der Waals surface area contributed by atoms with Crippen molar-refractivity contribution in [1.29, 1.82) is 0 Å². The van der Waals surface area contributed by atoms with Crippen molar-refractivity contribution in [1.82, 2.24) is 0 Å². The second-order valence-electron chi connectivity index (χ2n) is 3.06. The highest BCUT2D eigenvalue weighted by atomic mass is 16.5. The summed E-state index contributed by atoms with van der Waals surface area (Å²) < 4.78 is 5.43. The maximum absolute atomic E-state index is 5.43. The Morgan fingerprint density at radius 3 is 2.27 bits per heavy atom. The summed E-state index contributed by atoms with van der Waals surface area (Å²) in [7, 11) is 1.79. The Morgan fingerprint density at radius 2 is 1.82 bits per heavy atom. The summed E-state index contributed by atoms with van der Waals surface area (Å²) in [6, 6.07) is 10.4. The molecule has 1 aliphatic rings. The first-order valence-corrected chi connectivity index (χ1v) is 3.98. The quantitative estimate of drug-likeness (QED) is 0.625. The zero-order chi connectivity index (χ0) is 7.73. The minimum Gasteiger partial charge on any atom is -0.374 e. The first-order chi connectivity index (χ1) is 5.37. The molecule has 0 unspecified atom stereocenters. The number of rotatable bonds is 2. The van der Waals surface area contributed by atoms with Gasteiger partial charge in [-0.1, -0.05) is 30.3 Å². The Balaban J connectivity index is 2.30. The molecule has 0 heterocycles. The smallest absolute Gasteiger partial charge is 0.0929 e. The first kappa shape index (κ1) is 6.86. The summed E-state index contributed by atoms with van der Waals surface area (Å²) >= 11 is 0. The largest absolute Gasteiger partial charge is 0.374 e. The summed E-state index contributed by atoms with van der Waals surface area (Å²) in [4.78, 5) is 0. The number of benzene rings is 1. The zero-order valence-electron chi connectivity index (χ0n) is 6.71. The highest BCUT2D eigenvalue weighted by Gasteiger charge is 2.44. The third-order valence-corrected chi connectivity index (χ3v) is 2.39. The Bertz CT molecular complexity index is 236. The normalized spacial score (nSPS) is 19.7. The van der Waals surface area contributed by atoms with E-state index >= 15 is 0 Å². The fourth-order valence-corrected chi connectivity index (χ4v) is 1.47. The minimum atomic E-state index is 0.0846. The van der Waals surface area contributed by atoms with Crippen LogP contribution < -0.4 is 0 Å². The van der Waals surface area contributed by atoms with Crippen molar-refractivity contribution in [2.24, 2.45) is 0 Å². The molecule has 1 aromatic rings. The van der Waals surface area contributed by atoms with E-state index in [2.05, 4.69) is 24.3 Å². The van der Waals surface area contributed by atoms with Crippen molar-refractivity contribution < 1.29 is 4.74 Å². The van der Waals surface area contributed by atoms with Crippen molar-refractivity contribution >= 4 is 0 Å². The van der Waals surface area contributed by atoms with Crippen LogP contribution in [0.25, 0.3) is 0 Å². The van der Waals surface area contributed by atoms with Crippen LogP contribution in [0.4, 0.5) is 0 Å². The van der Waals surface area contributed by atoms with E-state index in [-0.39, 0.29) is 5.60 Å². The Hall–Kier alpha value is -0.820. The van der Waals surface area contributed by atoms with E-state index in [9.17, 15) is 0 Å². The van der Waals surface area contributed by atoms with E-state index in [0.717, 1.165) is 0 Å². The molecular weight excluding hydrogens is 136 g/mol. The summed E-state index contributed by atoms with van der Waals surface area (Å²) in [5.74, 6) is 0. The molecule has 1 fully saturated rings. The lowest BCUT2D eigenvalue weighted by molar-refractivity contribution is 0.0789. The predicted molar refractivity (Wildman–Crippen MR) is 44.4 cm³/mol. The molecule has 58 valence electrons. The van der Waals surface area contributed by atoms with E-state index in [4.69, 9.17) is 4.74 Å². The van der Waals surface area contributed by atoms with Crippen molar-refractivity contribution in [3.8, 4) is 0 Å². The summed E-state index contributed by atoms with van der Waals surface area (Å²) in [5, 5.41) is 0. The van der Waals surface area contributed by atoms with Crippen LogP contribution >= 0.6 is 0 Å². The third-order valence-electron chi connectivity index (χ3n) is 2.39. The lowest BCUT2D eigenvalue weighted by Crippen LogP contribution is -2.07. The molecule has 0 amide bonds. The molecule has 1 aromatic carbocycles. The van der Waals surface area contributed by atoms with Gasteiger partial charge in [0.25, 0.3) is 0 Å². The molecule has 0 saturated heterocycles. The lowest BCUT2D eigenvalue weighted by atomic mass is 10.1. The van der Waals surface area contributed by atoms with Crippen LogP contribution in [0.2, 0.25) is 0 Å². The van der Waals surface area contributed by atoms with Crippen molar-refractivity contribution in [2.45, 2.75) is 18.4 Å². The maximum Gasteiger partial charge on any atom is 0.0929 e. The molecule has 0 aliphatic heterocycles. The van der Waals surface area contributed by atoms with Gasteiger partial charge in [0.05, 0.1) is 5.60 Å². The second kappa shape index (κ2) is 2.35. The van der Waals surface area contributed by atoms with Gasteiger partial charge in [0, 0.05) is 7.11 Å². The van der Waals surface area contributed by atoms with Gasteiger partial charge in [0.1, 0.15) is 0 Å². The van der Waals surface area contributed by atoms with Crippen LogP contribution in [-0.2, 0) is 10.3 Å². The Labute approximate surface area is 67.0 Å². The van der Waals surface area contributed by atoms with E-state index in [1.807, 2.05) is 6.07 Å². The van der Waals surface area contributed by atoms with Gasteiger partial charge < -0.3 is 4.74 Å². The van der Waals surface area contributed by atoms with Gasteiger partial charge >= 0.3 is 0 Å². The van der Waals surface area contributed by atoms with Gasteiger partial charge in [0.2, 0.25) is 0 Å². The molecule has 1 aliphatic carbocycles. The third kappa shape index (κ3) is 1.05. The first-order valence-electron chi connectivity index (χ1n) is 3.98. The van der Waals surface area contributed by atoms with Crippen LogP contribution in [-0.4, -0.2) is 7.11 Å². The van der Waals surface area contributed by atoms with Crippen LogP contribution in [0.5, 0.6) is 0 Å². The topological polar surface area (TPSA) is 9.23 Å². The highest BCUT2D eigenvalue weighted by Crippen LogP contribution is 2.48. The van der Waals surface area contributed by atoms with Crippen molar-refractivity contribution in [3.63, 3.8) is 0 Å². The molecule has 1 heteroatoms. The fourth-order valence-electron chi connectivity index (χ4n) is 1.47. The second-order valence-corrected chi connectivity index (χ2v) is 3.06. The molecule has 0 atom stereocenters. The predicted octanol–water partition coefficient (Wildman–Crippen LogP) is 2.32. The van der Waals surface area contributed by atoms with Gasteiger partial charge in [-0.2, -0.15) is 0 Å². The zero-order valence-corrected chi connectivity index (χ0v) is 6.71. The molecule has 1 saturated carbocycles. The summed E-state index contributed by atoms with van der Waals surface area (Å²) in [5.41, 5.74) is 1.41. The SMILES string of the molecule is COC1(c2ccccc2)CC1. The van der Waals surface area contributed by atoms with Gasteiger partial charge in [0.15, 0.2) is 0 Å². The van der Waals surface area contributed by atoms with Crippen LogP contribution in [0.3, 0.4) is 0 Å². The number of hydrogen-bond acceptors (Lipinski definition) is 1. The highest BCUT2D eigenvalue weighted by molar-refractivity contribution is 5.27. The molecule has 1 nitrogen and oxygen atoms in total. The molecule has 2 rings (SSSR count). The van der Waals surface area contributed by atoms with E-state index in [0.29, 0.717) is 0 Å². The number of ether oxygens (including phenoxy) is 1. The minimum absolute atomic E-state index is 0.0846. The molecule has 11 heavy (non-hydrogen) atoms. The summed E-state index contributed by atoms with van der Waals surface area (Å²) in [6.07, 6.45) is 2.35. The Morgan fingerprint density at radius 1 is 1.18 bits per heavy atom. The van der Waals surface area contributed by atoms with E-state index in [1.165, 1.54) is 18.4 Å². The maximum atomic E-state index is 5.43. The monoisotopic (exact) mass is 148 g/mol. The standard InChI is InChI=1S/C10H12O/c1-11-10(7-8-10)9-5-3-2-4-6-9/h2-6H,7-8H2,1H3. The average Bonchev–Trinajstić information content (AvgIpc) is 2.86. The molecule has 0 spiro atoms. The van der Waals surface area contributed by atoms with Gasteiger partial charge in [-0.15, -0.1) is 0 Å². The molecule has 0 radical (unpaired) electrons. The van der Waals surface area contributed by atoms with Crippen molar-refractivity contribution in [2.75, 3.05) is 7.11 Å². The van der Waals surface area contributed by atoms with Crippen molar-refractivity contribution in [3.05, 3.63) is 35.9 Å².